The van der Waals surface area contributed by atoms with Crippen molar-refractivity contribution >= 4 is 11.7 Å². The van der Waals surface area contributed by atoms with E-state index in [-0.39, 0.29) is 17.6 Å². The van der Waals surface area contributed by atoms with Gasteiger partial charge in [0.05, 0.1) is 5.92 Å². The van der Waals surface area contributed by atoms with E-state index in [0.717, 1.165) is 12.0 Å². The van der Waals surface area contributed by atoms with E-state index in [4.69, 9.17) is 0 Å². The Kier molecular flexibility index (Phi) is 4.13. The number of Topliss-reactive ketones (excluding diaryl/α,β-unsaturated/α-hetero) is 1. The van der Waals surface area contributed by atoms with Crippen LogP contribution in [0.25, 0.3) is 0 Å². The lowest BCUT2D eigenvalue weighted by molar-refractivity contribution is -0.136. The number of piperidine rings is 1. The van der Waals surface area contributed by atoms with Gasteiger partial charge in [-0.1, -0.05) is 37.3 Å². The fourth-order valence-corrected chi connectivity index (χ4v) is 2.44. The van der Waals surface area contributed by atoms with E-state index in [1.165, 1.54) is 0 Å². The molecule has 0 saturated carbocycles. The molecular weight excluding hydrogens is 226 g/mol. The van der Waals surface area contributed by atoms with E-state index in [0.29, 0.717) is 25.9 Å². The number of carbonyl (C=O) groups is 2. The van der Waals surface area contributed by atoms with Crippen LogP contribution in [0, 0.1) is 0 Å². The molecule has 1 aromatic carbocycles. The lowest BCUT2D eigenvalue weighted by atomic mass is 9.94. The highest BCUT2D eigenvalue weighted by atomic mass is 16.2. The number of amides is 1. The third-order valence-electron chi connectivity index (χ3n) is 3.54. The Morgan fingerprint density at radius 1 is 1.22 bits per heavy atom. The predicted octanol–water partition coefficient (Wildman–Crippen LogP) is 2.37. The average Bonchev–Trinajstić information content (AvgIpc) is 2.41. The van der Waals surface area contributed by atoms with Gasteiger partial charge in [-0.05, 0) is 12.0 Å². The summed E-state index contributed by atoms with van der Waals surface area (Å²) in [5, 5.41) is 0. The third kappa shape index (κ3) is 2.78. The predicted molar refractivity (Wildman–Crippen MR) is 70.3 cm³/mol. The molecule has 0 bridgehead atoms. The van der Waals surface area contributed by atoms with Crippen molar-refractivity contribution in [1.82, 2.24) is 4.90 Å². The van der Waals surface area contributed by atoms with E-state index in [9.17, 15) is 9.59 Å². The first kappa shape index (κ1) is 12.8. The summed E-state index contributed by atoms with van der Waals surface area (Å²) >= 11 is 0. The summed E-state index contributed by atoms with van der Waals surface area (Å²) in [7, 11) is 0. The molecule has 1 heterocycles. The van der Waals surface area contributed by atoms with Crippen molar-refractivity contribution in [1.29, 1.82) is 0 Å². The maximum absolute atomic E-state index is 12.5. The molecule has 0 N–H and O–H groups in total. The molecule has 96 valence electrons. The van der Waals surface area contributed by atoms with Gasteiger partial charge >= 0.3 is 0 Å². The quantitative estimate of drug-likeness (QED) is 0.820. The minimum absolute atomic E-state index is 0.0700. The highest BCUT2D eigenvalue weighted by molar-refractivity contribution is 5.87. The van der Waals surface area contributed by atoms with Gasteiger partial charge in [0, 0.05) is 25.9 Å². The minimum atomic E-state index is -0.0700. The van der Waals surface area contributed by atoms with E-state index in [1.807, 2.05) is 42.2 Å². The van der Waals surface area contributed by atoms with Crippen molar-refractivity contribution in [3.8, 4) is 0 Å². The number of rotatable bonds is 3. The molecule has 1 aromatic rings. The van der Waals surface area contributed by atoms with E-state index in [2.05, 4.69) is 0 Å². The normalized spacial score (nSPS) is 17.6. The van der Waals surface area contributed by atoms with Crippen LogP contribution < -0.4 is 0 Å². The first-order valence-corrected chi connectivity index (χ1v) is 6.57. The molecule has 1 aliphatic heterocycles. The zero-order valence-electron chi connectivity index (χ0n) is 10.8. The summed E-state index contributed by atoms with van der Waals surface area (Å²) in [5.41, 5.74) is 1.07. The second-order valence-corrected chi connectivity index (χ2v) is 4.74. The van der Waals surface area contributed by atoms with Gasteiger partial charge in [0.25, 0.3) is 0 Å². The Morgan fingerprint density at radius 2 is 1.83 bits per heavy atom. The van der Waals surface area contributed by atoms with E-state index >= 15 is 0 Å². The molecule has 1 fully saturated rings. The topological polar surface area (TPSA) is 37.4 Å². The molecule has 2 rings (SSSR count). The Hall–Kier alpha value is -1.64. The summed E-state index contributed by atoms with van der Waals surface area (Å²) in [5.74, 6) is 0.363. The summed E-state index contributed by atoms with van der Waals surface area (Å²) in [6.45, 7) is 3.20. The van der Waals surface area contributed by atoms with Gasteiger partial charge in [-0.3, -0.25) is 9.59 Å². The van der Waals surface area contributed by atoms with Crippen LogP contribution in [0.3, 0.4) is 0 Å². The number of likely N-dealkylation sites (tertiary alicyclic amines) is 1. The molecule has 0 aliphatic carbocycles. The van der Waals surface area contributed by atoms with E-state index < -0.39 is 0 Å². The lowest BCUT2D eigenvalue weighted by Crippen LogP contribution is -2.41. The van der Waals surface area contributed by atoms with Gasteiger partial charge < -0.3 is 4.90 Å². The third-order valence-corrected chi connectivity index (χ3v) is 3.54. The van der Waals surface area contributed by atoms with Gasteiger partial charge in [0.2, 0.25) is 5.91 Å². The van der Waals surface area contributed by atoms with Crippen LogP contribution in [-0.4, -0.2) is 29.7 Å². The first-order chi connectivity index (χ1) is 8.72. The SMILES string of the molecule is CCC(C(=O)N1CCC(=O)CC1)c1ccccc1. The zero-order chi connectivity index (χ0) is 13.0. The summed E-state index contributed by atoms with van der Waals surface area (Å²) in [4.78, 5) is 25.5. The van der Waals surface area contributed by atoms with Crippen molar-refractivity contribution < 1.29 is 9.59 Å². The molecule has 1 atom stereocenters. The van der Waals surface area contributed by atoms with Gasteiger partial charge in [-0.25, -0.2) is 0 Å². The molecule has 1 unspecified atom stereocenters. The Labute approximate surface area is 108 Å². The molecule has 0 spiro atoms. The van der Waals surface area contributed by atoms with Crippen molar-refractivity contribution in [2.24, 2.45) is 0 Å². The molecular formula is C15H19NO2. The molecule has 0 radical (unpaired) electrons. The van der Waals surface area contributed by atoms with Gasteiger partial charge in [0.1, 0.15) is 5.78 Å². The average molecular weight is 245 g/mol. The van der Waals surface area contributed by atoms with Crippen molar-refractivity contribution in [3.05, 3.63) is 35.9 Å². The second-order valence-electron chi connectivity index (χ2n) is 4.74. The van der Waals surface area contributed by atoms with Crippen LogP contribution in [0.5, 0.6) is 0 Å². The fourth-order valence-electron chi connectivity index (χ4n) is 2.44. The fraction of sp³-hybridized carbons (Fsp3) is 0.467. The highest BCUT2D eigenvalue weighted by Crippen LogP contribution is 2.23. The van der Waals surface area contributed by atoms with Crippen LogP contribution in [0.1, 0.15) is 37.7 Å². The van der Waals surface area contributed by atoms with Crippen LogP contribution >= 0.6 is 0 Å². The van der Waals surface area contributed by atoms with Crippen LogP contribution in [-0.2, 0) is 9.59 Å². The number of hydrogen-bond donors (Lipinski definition) is 0. The van der Waals surface area contributed by atoms with Gasteiger partial charge in [-0.15, -0.1) is 0 Å². The van der Waals surface area contributed by atoms with E-state index in [1.54, 1.807) is 0 Å². The maximum atomic E-state index is 12.5. The smallest absolute Gasteiger partial charge is 0.230 e. The summed E-state index contributed by atoms with van der Waals surface area (Å²) in [6, 6.07) is 9.89. The standard InChI is InChI=1S/C15H19NO2/c1-2-14(12-6-4-3-5-7-12)15(18)16-10-8-13(17)9-11-16/h3-7,14H,2,8-11H2,1H3. The molecule has 3 nitrogen and oxygen atoms in total. The Morgan fingerprint density at radius 3 is 2.39 bits per heavy atom. The van der Waals surface area contributed by atoms with Crippen LogP contribution in [0.4, 0.5) is 0 Å². The van der Waals surface area contributed by atoms with Crippen LogP contribution in [0.2, 0.25) is 0 Å². The Balaban J connectivity index is 2.09. The molecule has 3 heteroatoms. The monoisotopic (exact) mass is 245 g/mol. The molecule has 1 aliphatic rings. The highest BCUT2D eigenvalue weighted by Gasteiger charge is 2.27. The van der Waals surface area contributed by atoms with Crippen molar-refractivity contribution in [2.45, 2.75) is 32.1 Å². The second kappa shape index (κ2) is 5.80. The summed E-state index contributed by atoms with van der Waals surface area (Å²) < 4.78 is 0. The van der Waals surface area contributed by atoms with Gasteiger partial charge in [-0.2, -0.15) is 0 Å². The van der Waals surface area contributed by atoms with Gasteiger partial charge in [0.15, 0.2) is 0 Å². The largest absolute Gasteiger partial charge is 0.341 e. The van der Waals surface area contributed by atoms with Crippen LogP contribution in [0.15, 0.2) is 30.3 Å². The molecule has 1 saturated heterocycles. The molecule has 18 heavy (non-hydrogen) atoms. The number of benzene rings is 1. The maximum Gasteiger partial charge on any atom is 0.230 e. The molecule has 0 aromatic heterocycles. The number of nitrogens with zero attached hydrogens (tertiary/aromatic N) is 1. The Bertz CT molecular complexity index is 417. The molecule has 1 amide bonds. The number of ketones is 1. The number of hydrogen-bond acceptors (Lipinski definition) is 2. The lowest BCUT2D eigenvalue weighted by Gasteiger charge is -2.29. The first-order valence-electron chi connectivity index (χ1n) is 6.57. The van der Waals surface area contributed by atoms with Crippen molar-refractivity contribution in [2.75, 3.05) is 13.1 Å². The minimum Gasteiger partial charge on any atom is -0.341 e. The summed E-state index contributed by atoms with van der Waals surface area (Å²) in [6.07, 6.45) is 1.82. The number of carbonyl (C=O) groups excluding carboxylic acids is 2. The zero-order valence-corrected chi connectivity index (χ0v) is 10.8. The van der Waals surface area contributed by atoms with Crippen molar-refractivity contribution in [3.63, 3.8) is 0 Å².